The number of aryl methyl sites for hydroxylation is 1. The van der Waals surface area contributed by atoms with Crippen LogP contribution in [0.15, 0.2) is 146 Å². The molecule has 682 valence electrons. The molecule has 114 heavy (non-hydrogen) atoms. The predicted molar refractivity (Wildman–Crippen MR) is 550 cm³/mol. The standard InChI is InChI=1S/C17H20.C12H18.C11H22.C11H16.C10H20.C10H14.C9H20.2C8H18.C7H16.11CH4/c1-17(2,3)16(14-10-6-4-7-11-14)15-12-8-5-9-13-15;1-10-7-5-6-8-11(10)9-12(2,3)4;2*1-11(2,3)9-10-7-5-4-6-8-10;2*1-10(2,3)9-7-5-4-6-8-9;1-8(2,3)7-9(4,5)6;1-7(2)6-8(3,4)5;1-7(2,3)8(4,5)6;1-6(2)7(3,4)5;;;;;;;;;;;/h4-13,16H,1-3H3;5-8H,9H2,1-4H3;10H,4-9H2,1-3H3;4-8H,9H2,1-3H3;9H,4-8H2,1-3H3;4-8H,1-3H3;7H2,1-6H3;7H,6H2,1-5H3;1-6H3;6H,1-5H3;11*1H4. The Hall–Kier alpha value is -3.90. The van der Waals surface area contributed by atoms with Crippen LogP contribution >= 0.6 is 0 Å². The van der Waals surface area contributed by atoms with E-state index in [1.165, 1.54) is 123 Å². The first-order chi connectivity index (χ1) is 46.3. The van der Waals surface area contributed by atoms with E-state index < -0.39 is 0 Å². The minimum atomic E-state index is 0. The lowest BCUT2D eigenvalue weighted by molar-refractivity contribution is 0.157. The first-order valence-electron chi connectivity index (χ1n) is 41.5. The van der Waals surface area contributed by atoms with Crippen molar-refractivity contribution in [2.75, 3.05) is 0 Å². The van der Waals surface area contributed by atoms with Crippen molar-refractivity contribution in [3.05, 3.63) is 179 Å². The third-order valence-electron chi connectivity index (χ3n) is 19.9. The van der Waals surface area contributed by atoms with E-state index in [9.17, 15) is 0 Å². The molecular weight excluding hydrogens is 1370 g/mol. The molecule has 0 bridgehead atoms. The van der Waals surface area contributed by atoms with Crippen molar-refractivity contribution in [2.45, 2.75) is 473 Å². The van der Waals surface area contributed by atoms with Gasteiger partial charge in [0, 0.05) is 5.92 Å². The van der Waals surface area contributed by atoms with E-state index in [-0.39, 0.29) is 87.1 Å². The minimum Gasteiger partial charge on any atom is -0.0776 e. The summed E-state index contributed by atoms with van der Waals surface area (Å²) in [6.45, 7) is 93.7. The second kappa shape index (κ2) is 65.0. The van der Waals surface area contributed by atoms with Gasteiger partial charge in [0.1, 0.15) is 0 Å². The Labute approximate surface area is 730 Å². The fraction of sp³-hybridized carbons (Fsp3) is 0.737. The second-order valence-corrected chi connectivity index (χ2v) is 45.6. The lowest BCUT2D eigenvalue weighted by Gasteiger charge is -2.34. The maximum atomic E-state index is 2.38. The zero-order valence-corrected chi connectivity index (χ0v) is 77.3. The number of hydrogen-bond donors (Lipinski definition) is 0. The Morgan fingerprint density at radius 2 is 0.605 bits per heavy atom. The molecule has 0 nitrogen and oxygen atoms in total. The van der Waals surface area contributed by atoms with Gasteiger partial charge in [-0.2, -0.15) is 0 Å². The topological polar surface area (TPSA) is 0 Å². The lowest BCUT2D eigenvalue weighted by Crippen LogP contribution is -2.25. The van der Waals surface area contributed by atoms with Crippen LogP contribution in [0.2, 0.25) is 0 Å². The molecule has 0 heteroatoms. The highest BCUT2D eigenvalue weighted by Crippen LogP contribution is 2.42. The monoisotopic (exact) mass is 1600 g/mol. The summed E-state index contributed by atoms with van der Waals surface area (Å²) in [4.78, 5) is 0. The molecule has 0 saturated heterocycles. The summed E-state index contributed by atoms with van der Waals surface area (Å²) in [7, 11) is 0. The predicted octanol–water partition coefficient (Wildman–Crippen LogP) is 41.6. The number of hydrogen-bond acceptors (Lipinski definition) is 0. The van der Waals surface area contributed by atoms with Gasteiger partial charge in [0.05, 0.1) is 0 Å². The third kappa shape index (κ3) is 83.2. The molecule has 0 spiro atoms. The summed E-state index contributed by atoms with van der Waals surface area (Å²) >= 11 is 0. The van der Waals surface area contributed by atoms with Gasteiger partial charge in [0.25, 0.3) is 0 Å². The van der Waals surface area contributed by atoms with Crippen molar-refractivity contribution in [3.63, 3.8) is 0 Å². The third-order valence-corrected chi connectivity index (χ3v) is 19.9. The normalized spacial score (nSPS) is 13.1. The van der Waals surface area contributed by atoms with Crippen molar-refractivity contribution in [1.29, 1.82) is 0 Å². The van der Waals surface area contributed by atoms with Gasteiger partial charge in [0.2, 0.25) is 0 Å². The van der Waals surface area contributed by atoms with Gasteiger partial charge >= 0.3 is 0 Å². The van der Waals surface area contributed by atoms with E-state index in [4.69, 9.17) is 0 Å². The summed E-state index contributed by atoms with van der Waals surface area (Å²) in [5.41, 5.74) is 13.8. The van der Waals surface area contributed by atoms with Gasteiger partial charge < -0.3 is 0 Å². The van der Waals surface area contributed by atoms with Crippen molar-refractivity contribution < 1.29 is 0 Å². The van der Waals surface area contributed by atoms with Crippen molar-refractivity contribution in [2.24, 2.45) is 83.2 Å². The molecule has 0 N–H and O–H groups in total. The highest BCUT2D eigenvalue weighted by Gasteiger charge is 2.29. The van der Waals surface area contributed by atoms with Crippen LogP contribution in [0.1, 0.15) is 481 Å². The minimum absolute atomic E-state index is 0. The van der Waals surface area contributed by atoms with Gasteiger partial charge in [-0.15, -0.1) is 0 Å². The van der Waals surface area contributed by atoms with Gasteiger partial charge in [-0.1, -0.05) is 556 Å². The van der Waals surface area contributed by atoms with Crippen molar-refractivity contribution in [1.82, 2.24) is 0 Å². The molecule has 5 aromatic rings. The highest BCUT2D eigenvalue weighted by molar-refractivity contribution is 5.34. The summed E-state index contributed by atoms with van der Waals surface area (Å²) < 4.78 is 0. The van der Waals surface area contributed by atoms with Crippen LogP contribution in [0.3, 0.4) is 0 Å². The van der Waals surface area contributed by atoms with Crippen LogP contribution in [0, 0.1) is 90.2 Å². The molecule has 2 aliphatic carbocycles. The molecule has 2 aliphatic rings. The molecule has 0 amide bonds. The SMILES string of the molecule is C.C.C.C.C.C.C.C.C.C.C.CC(C)(C)C(C)(C)C.CC(C)(C)C(c1ccccc1)c1ccccc1.CC(C)(C)C1CCCCC1.CC(C)(C)CC(C)(C)C.CC(C)(C)CC1CCCCC1.CC(C)(C)Cc1ccccc1.CC(C)(C)c1ccccc1.CC(C)C(C)(C)C.CC(C)CC(C)(C)C.Cc1ccccc1CC(C)(C)C. The Bertz CT molecular complexity index is 2710. The molecule has 5 aromatic carbocycles. The second-order valence-electron chi connectivity index (χ2n) is 45.6. The van der Waals surface area contributed by atoms with E-state index in [0.29, 0.717) is 65.5 Å². The largest absolute Gasteiger partial charge is 0.0776 e. The fourth-order valence-corrected chi connectivity index (χ4v) is 13.1. The van der Waals surface area contributed by atoms with E-state index in [1.54, 1.807) is 0 Å². The highest BCUT2D eigenvalue weighted by atomic mass is 14.3. The number of benzene rings is 5. The molecule has 0 atom stereocenters. The van der Waals surface area contributed by atoms with E-state index >= 15 is 0 Å². The Morgan fingerprint density at radius 1 is 0.307 bits per heavy atom. The molecule has 2 fully saturated rings. The first kappa shape index (κ1) is 142. The Morgan fingerprint density at radius 3 is 0.816 bits per heavy atom. The zero-order valence-electron chi connectivity index (χ0n) is 77.3. The van der Waals surface area contributed by atoms with Gasteiger partial charge in [0.15, 0.2) is 0 Å². The van der Waals surface area contributed by atoms with Crippen LogP contribution in [0.4, 0.5) is 0 Å². The molecule has 0 unspecified atom stereocenters. The Kier molecular flexibility index (Phi) is 80.9. The van der Waals surface area contributed by atoms with Crippen LogP contribution < -0.4 is 0 Å². The maximum absolute atomic E-state index is 2.38. The summed E-state index contributed by atoms with van der Waals surface area (Å²) in [5.74, 6) is 4.14. The lowest BCUT2D eigenvalue weighted by atomic mass is 9.71. The fourth-order valence-electron chi connectivity index (χ4n) is 13.1. The van der Waals surface area contributed by atoms with Gasteiger partial charge in [-0.3, -0.25) is 0 Å². The summed E-state index contributed by atoms with van der Waals surface area (Å²) in [5, 5.41) is 0. The van der Waals surface area contributed by atoms with E-state index in [0.717, 1.165) is 30.1 Å². The quantitative estimate of drug-likeness (QED) is 0.159. The van der Waals surface area contributed by atoms with Gasteiger partial charge in [-0.25, -0.2) is 0 Å². The van der Waals surface area contributed by atoms with Crippen LogP contribution in [-0.4, -0.2) is 0 Å². The smallest absolute Gasteiger partial charge is 0.0138 e. The molecular formula is C114H226. The maximum Gasteiger partial charge on any atom is 0.0138 e. The zero-order chi connectivity index (χ0) is 80.9. The average molecular weight is 1600 g/mol. The molecule has 0 aromatic heterocycles. The summed E-state index contributed by atoms with van der Waals surface area (Å²) in [6.07, 6.45) is 21.2. The van der Waals surface area contributed by atoms with Crippen LogP contribution in [-0.2, 0) is 18.3 Å². The Balaban J connectivity index is -0.0000000811. The molecule has 0 radical (unpaired) electrons. The number of rotatable bonds is 6. The average Bonchev–Trinajstić information content (AvgIpc) is 0.808. The molecule has 0 aliphatic heterocycles. The van der Waals surface area contributed by atoms with Crippen molar-refractivity contribution in [3.8, 4) is 0 Å². The molecule has 2 saturated carbocycles. The van der Waals surface area contributed by atoms with Crippen LogP contribution in [0.25, 0.3) is 0 Å². The van der Waals surface area contributed by atoms with E-state index in [2.05, 4.69) is 429 Å². The summed E-state index contributed by atoms with van der Waals surface area (Å²) in [6, 6.07) is 51.3. The van der Waals surface area contributed by atoms with Crippen LogP contribution in [0.5, 0.6) is 0 Å². The molecule has 7 rings (SSSR count). The molecule has 0 heterocycles. The van der Waals surface area contributed by atoms with E-state index in [1.807, 2.05) is 0 Å². The van der Waals surface area contributed by atoms with Gasteiger partial charge in [-0.05, 0) is 174 Å². The first-order valence-corrected chi connectivity index (χ1v) is 41.5. The van der Waals surface area contributed by atoms with Crippen molar-refractivity contribution >= 4 is 0 Å².